The third kappa shape index (κ3) is 5.28. The van der Waals surface area contributed by atoms with Gasteiger partial charge in [0.1, 0.15) is 0 Å². The van der Waals surface area contributed by atoms with Crippen LogP contribution in [0.2, 0.25) is 0 Å². The maximum atomic E-state index is 11.2. The highest BCUT2D eigenvalue weighted by molar-refractivity contribution is 5.88. The number of hydrogen-bond donors (Lipinski definition) is 0. The highest BCUT2D eigenvalue weighted by Crippen LogP contribution is 2.24. The van der Waals surface area contributed by atoms with Crippen molar-refractivity contribution in [2.45, 2.75) is 20.8 Å². The van der Waals surface area contributed by atoms with Crippen LogP contribution in [0, 0.1) is 5.41 Å². The molecule has 0 spiro atoms. The highest BCUT2D eigenvalue weighted by Gasteiger charge is 2.24. The van der Waals surface area contributed by atoms with Crippen LogP contribution in [0.3, 0.4) is 0 Å². The smallest absolute Gasteiger partial charge is 0.261 e. The molecule has 0 saturated heterocycles. The third-order valence-electron chi connectivity index (χ3n) is 1.57. The van der Waals surface area contributed by atoms with Crippen LogP contribution in [0.5, 0.6) is 0 Å². The summed E-state index contributed by atoms with van der Waals surface area (Å²) in [5.41, 5.74) is -0.274. The second-order valence-corrected chi connectivity index (χ2v) is 3.84. The van der Waals surface area contributed by atoms with E-state index in [1.165, 1.54) is 0 Å². The summed E-state index contributed by atoms with van der Waals surface area (Å²) in [5, 5.41) is 7.70. The lowest BCUT2D eigenvalue weighted by molar-refractivity contribution is -0.598. The normalized spacial score (nSPS) is 10.4. The van der Waals surface area contributed by atoms with Crippen molar-refractivity contribution in [1.29, 1.82) is 0 Å². The van der Waals surface area contributed by atoms with Gasteiger partial charge in [0.2, 0.25) is 0 Å². The summed E-state index contributed by atoms with van der Waals surface area (Å²) in [6.45, 7) is 11.9. The van der Waals surface area contributed by atoms with E-state index >= 15 is 0 Å². The van der Waals surface area contributed by atoms with Crippen molar-refractivity contribution in [3.63, 3.8) is 0 Å². The Morgan fingerprint density at radius 1 is 1.12 bits per heavy atom. The summed E-state index contributed by atoms with van der Waals surface area (Å²) in [6.07, 6.45) is 0.846. The van der Waals surface area contributed by atoms with Crippen molar-refractivity contribution in [3.8, 4) is 0 Å². The lowest BCUT2D eigenvalue weighted by Crippen LogP contribution is -2.19. The Bertz CT molecular complexity index is 299. The molecule has 6 heteroatoms. The standard InChI is InChI=1S/C10H14O6/c1-6-8(11)13-15-16-14-9(12)7(2)10(3,4)5/h6H,1-2H2,3-5H3. The van der Waals surface area contributed by atoms with Crippen molar-refractivity contribution >= 4 is 11.9 Å². The SMILES string of the molecule is C=CC(=O)OOOOC(=O)C(=C)C(C)(C)C. The van der Waals surface area contributed by atoms with Gasteiger partial charge in [0.25, 0.3) is 0 Å². The molecule has 0 aromatic heterocycles. The Kier molecular flexibility index (Phi) is 5.41. The number of hydrogen-bond acceptors (Lipinski definition) is 6. The second-order valence-electron chi connectivity index (χ2n) is 3.84. The molecule has 0 amide bonds. The molecule has 0 bridgehead atoms. The van der Waals surface area contributed by atoms with Crippen LogP contribution in [0.4, 0.5) is 0 Å². The van der Waals surface area contributed by atoms with Gasteiger partial charge in [0.05, 0.1) is 0 Å². The fraction of sp³-hybridized carbons (Fsp3) is 0.400. The van der Waals surface area contributed by atoms with Gasteiger partial charge >= 0.3 is 11.9 Å². The Morgan fingerprint density at radius 2 is 1.62 bits per heavy atom. The molecule has 0 radical (unpaired) electrons. The number of carbonyl (C=O) groups is 2. The van der Waals surface area contributed by atoms with Gasteiger partial charge in [-0.05, 0) is 5.41 Å². The molecule has 6 nitrogen and oxygen atoms in total. The fourth-order valence-corrected chi connectivity index (χ4v) is 0.483. The van der Waals surface area contributed by atoms with Gasteiger partial charge in [0.15, 0.2) is 0 Å². The molecule has 0 fully saturated rings. The molecule has 0 saturated carbocycles. The summed E-state index contributed by atoms with van der Waals surface area (Å²) in [6, 6.07) is 0. The Hall–Kier alpha value is -1.66. The number of carbonyl (C=O) groups excluding carboxylic acids is 2. The summed E-state index contributed by atoms with van der Waals surface area (Å²) >= 11 is 0. The monoisotopic (exact) mass is 230 g/mol. The van der Waals surface area contributed by atoms with E-state index in [0.29, 0.717) is 0 Å². The molecule has 0 aliphatic carbocycles. The Balaban J connectivity index is 3.87. The minimum atomic E-state index is -0.884. The summed E-state index contributed by atoms with van der Waals surface area (Å²) in [7, 11) is 0. The molecule has 0 rings (SSSR count). The largest absolute Gasteiger partial charge is 0.372 e. The lowest BCUT2D eigenvalue weighted by Gasteiger charge is -2.18. The second kappa shape index (κ2) is 6.04. The van der Waals surface area contributed by atoms with Gasteiger partial charge in [-0.1, -0.05) is 33.9 Å². The van der Waals surface area contributed by atoms with Crippen molar-refractivity contribution in [2.24, 2.45) is 5.41 Å². The van der Waals surface area contributed by atoms with E-state index in [1.54, 1.807) is 20.8 Å². The van der Waals surface area contributed by atoms with Crippen LogP contribution >= 0.6 is 0 Å². The third-order valence-corrected chi connectivity index (χ3v) is 1.57. The molecule has 0 aliphatic rings. The van der Waals surface area contributed by atoms with Gasteiger partial charge in [-0.25, -0.2) is 9.59 Å². The van der Waals surface area contributed by atoms with Crippen LogP contribution in [-0.4, -0.2) is 11.9 Å². The predicted octanol–water partition coefficient (Wildman–Crippen LogP) is 1.64. The van der Waals surface area contributed by atoms with Crippen molar-refractivity contribution in [3.05, 3.63) is 24.8 Å². The lowest BCUT2D eigenvalue weighted by atomic mass is 9.88. The van der Waals surface area contributed by atoms with Gasteiger partial charge in [0, 0.05) is 21.7 Å². The zero-order valence-corrected chi connectivity index (χ0v) is 9.44. The van der Waals surface area contributed by atoms with Crippen LogP contribution < -0.4 is 0 Å². The van der Waals surface area contributed by atoms with Gasteiger partial charge in [-0.2, -0.15) is 0 Å². The zero-order valence-electron chi connectivity index (χ0n) is 9.44. The quantitative estimate of drug-likeness (QED) is 0.309. The molecule has 0 unspecified atom stereocenters. The minimum absolute atomic E-state index is 0.186. The molecular formula is C10H14O6. The van der Waals surface area contributed by atoms with Gasteiger partial charge in [-0.3, -0.25) is 9.78 Å². The molecule has 0 aromatic rings. The zero-order chi connectivity index (χ0) is 12.8. The van der Waals surface area contributed by atoms with E-state index in [2.05, 4.69) is 33.0 Å². The number of rotatable bonds is 5. The highest BCUT2D eigenvalue weighted by atomic mass is 17.7. The first kappa shape index (κ1) is 14.3. The average Bonchev–Trinajstić information content (AvgIpc) is 2.21. The summed E-state index contributed by atoms with van der Waals surface area (Å²) in [4.78, 5) is 29.7. The first-order chi connectivity index (χ1) is 7.29. The first-order valence-electron chi connectivity index (χ1n) is 4.37. The molecular weight excluding hydrogens is 216 g/mol. The van der Waals surface area contributed by atoms with E-state index in [4.69, 9.17) is 0 Å². The van der Waals surface area contributed by atoms with Crippen LogP contribution in [0.1, 0.15) is 20.8 Å². The van der Waals surface area contributed by atoms with Crippen LogP contribution in [0.15, 0.2) is 24.8 Å². The van der Waals surface area contributed by atoms with Crippen molar-refractivity contribution in [2.75, 3.05) is 0 Å². The van der Waals surface area contributed by atoms with Crippen molar-refractivity contribution in [1.82, 2.24) is 0 Å². The first-order valence-corrected chi connectivity index (χ1v) is 4.37. The molecule has 0 N–H and O–H groups in total. The van der Waals surface area contributed by atoms with E-state index in [-0.39, 0.29) is 5.57 Å². The summed E-state index contributed by atoms with van der Waals surface area (Å²) < 4.78 is 0. The van der Waals surface area contributed by atoms with E-state index < -0.39 is 17.4 Å². The molecule has 0 heterocycles. The van der Waals surface area contributed by atoms with E-state index in [9.17, 15) is 9.59 Å². The molecule has 90 valence electrons. The van der Waals surface area contributed by atoms with E-state index in [1.807, 2.05) is 0 Å². The topological polar surface area (TPSA) is 71.1 Å². The van der Waals surface area contributed by atoms with Crippen LogP contribution in [-0.2, 0) is 29.4 Å². The molecule has 0 aliphatic heterocycles. The predicted molar refractivity (Wildman–Crippen MR) is 53.1 cm³/mol. The molecule has 0 atom stereocenters. The van der Waals surface area contributed by atoms with Crippen molar-refractivity contribution < 1.29 is 29.4 Å². The average molecular weight is 230 g/mol. The maximum Gasteiger partial charge on any atom is 0.372 e. The molecule has 16 heavy (non-hydrogen) atoms. The van der Waals surface area contributed by atoms with Gasteiger partial charge in [-0.15, -0.1) is 0 Å². The summed E-state index contributed by atoms with van der Waals surface area (Å²) in [5.74, 6) is -1.70. The van der Waals surface area contributed by atoms with Crippen LogP contribution in [0.25, 0.3) is 0 Å². The minimum Gasteiger partial charge on any atom is -0.261 e. The Labute approximate surface area is 93.2 Å². The fourth-order valence-electron chi connectivity index (χ4n) is 0.483. The van der Waals surface area contributed by atoms with E-state index in [0.717, 1.165) is 6.08 Å². The molecule has 0 aromatic carbocycles. The maximum absolute atomic E-state index is 11.2. The van der Waals surface area contributed by atoms with Gasteiger partial charge < -0.3 is 0 Å². The Morgan fingerprint density at radius 3 is 2.06 bits per heavy atom.